The molecule has 1 aliphatic heterocycles. The zero-order valence-corrected chi connectivity index (χ0v) is 11.4. The summed E-state index contributed by atoms with van der Waals surface area (Å²) < 4.78 is 10.9. The Morgan fingerprint density at radius 2 is 2.05 bits per heavy atom. The number of hydrogen-bond acceptors (Lipinski definition) is 4. The summed E-state index contributed by atoms with van der Waals surface area (Å²) in [5.41, 5.74) is 0.780. The van der Waals surface area contributed by atoms with Crippen molar-refractivity contribution in [2.45, 2.75) is 18.1 Å². The Hall–Kier alpha value is -1.26. The second-order valence-corrected chi connectivity index (χ2v) is 5.98. The topological polar surface area (TPSA) is 39.4 Å². The molecule has 1 aliphatic rings. The number of ether oxygens (including phenoxy) is 1. The molecule has 100 valence electrons. The number of benzene rings is 1. The number of fused-ring (bicyclic) bond motifs is 1. The minimum absolute atomic E-state index is 0.0766. The number of hydrogen-bond donors (Lipinski definition) is 0. The summed E-state index contributed by atoms with van der Waals surface area (Å²) >= 11 is 1.72. The Morgan fingerprint density at radius 1 is 1.26 bits per heavy atom. The van der Waals surface area contributed by atoms with Crippen molar-refractivity contribution in [3.63, 3.8) is 0 Å². The maximum Gasteiger partial charge on any atom is 0.207 e. The van der Waals surface area contributed by atoms with E-state index in [1.165, 1.54) is 0 Å². The first-order valence-corrected chi connectivity index (χ1v) is 7.59. The van der Waals surface area contributed by atoms with Gasteiger partial charge in [-0.15, -0.1) is 11.8 Å². The molecule has 19 heavy (non-hydrogen) atoms. The maximum absolute atomic E-state index is 12.1. The number of para-hydroxylation sites is 1. The van der Waals surface area contributed by atoms with E-state index in [2.05, 4.69) is 0 Å². The zero-order chi connectivity index (χ0) is 13.1. The van der Waals surface area contributed by atoms with Gasteiger partial charge >= 0.3 is 0 Å². The first-order chi connectivity index (χ1) is 9.33. The normalized spacial score (nSPS) is 16.8. The van der Waals surface area contributed by atoms with Gasteiger partial charge in [-0.2, -0.15) is 0 Å². The van der Waals surface area contributed by atoms with Gasteiger partial charge in [0.2, 0.25) is 5.78 Å². The van der Waals surface area contributed by atoms with E-state index in [1.54, 1.807) is 11.8 Å². The van der Waals surface area contributed by atoms with Crippen molar-refractivity contribution >= 4 is 28.5 Å². The van der Waals surface area contributed by atoms with E-state index in [-0.39, 0.29) is 5.78 Å². The third-order valence-corrected chi connectivity index (χ3v) is 4.69. The minimum atomic E-state index is 0.0766. The lowest BCUT2D eigenvalue weighted by atomic mass is 10.2. The van der Waals surface area contributed by atoms with Crippen molar-refractivity contribution in [1.29, 1.82) is 0 Å². The highest BCUT2D eigenvalue weighted by atomic mass is 32.2. The molecule has 0 spiro atoms. The molecule has 0 radical (unpaired) electrons. The van der Waals surface area contributed by atoms with E-state index in [0.717, 1.165) is 37.0 Å². The Morgan fingerprint density at radius 3 is 2.84 bits per heavy atom. The fraction of sp³-hybridized carbons (Fsp3) is 0.400. The van der Waals surface area contributed by atoms with Gasteiger partial charge < -0.3 is 9.15 Å². The van der Waals surface area contributed by atoms with Crippen LogP contribution in [0.5, 0.6) is 0 Å². The fourth-order valence-electron chi connectivity index (χ4n) is 2.23. The highest BCUT2D eigenvalue weighted by molar-refractivity contribution is 8.00. The molecular weight excluding hydrogens is 260 g/mol. The maximum atomic E-state index is 12.1. The van der Waals surface area contributed by atoms with Gasteiger partial charge in [-0.25, -0.2) is 0 Å². The molecule has 0 amide bonds. The molecule has 0 bridgehead atoms. The number of Topliss-reactive ketones (excluding diaryl/α,β-unsaturated/α-hetero) is 1. The molecule has 3 nitrogen and oxygen atoms in total. The van der Waals surface area contributed by atoms with Crippen LogP contribution in [0.15, 0.2) is 34.7 Å². The largest absolute Gasteiger partial charge is 0.453 e. The van der Waals surface area contributed by atoms with Crippen molar-refractivity contribution in [2.75, 3.05) is 19.0 Å². The van der Waals surface area contributed by atoms with Crippen LogP contribution in [0, 0.1) is 0 Å². The Labute approximate surface area is 116 Å². The van der Waals surface area contributed by atoms with Gasteiger partial charge in [-0.1, -0.05) is 18.2 Å². The average molecular weight is 276 g/mol. The van der Waals surface area contributed by atoms with Gasteiger partial charge in [0.05, 0.1) is 5.75 Å². The smallest absolute Gasteiger partial charge is 0.207 e. The molecular formula is C15H16O3S. The summed E-state index contributed by atoms with van der Waals surface area (Å²) in [7, 11) is 0. The summed E-state index contributed by atoms with van der Waals surface area (Å²) in [5, 5.41) is 1.53. The summed E-state index contributed by atoms with van der Waals surface area (Å²) in [4.78, 5) is 12.1. The highest BCUT2D eigenvalue weighted by Crippen LogP contribution is 2.24. The van der Waals surface area contributed by atoms with E-state index < -0.39 is 0 Å². The van der Waals surface area contributed by atoms with Crippen LogP contribution in [-0.2, 0) is 4.74 Å². The third-order valence-electron chi connectivity index (χ3n) is 3.32. The van der Waals surface area contributed by atoms with Crippen molar-refractivity contribution < 1.29 is 13.9 Å². The molecule has 1 fully saturated rings. The highest BCUT2D eigenvalue weighted by Gasteiger charge is 2.18. The number of rotatable bonds is 4. The zero-order valence-electron chi connectivity index (χ0n) is 10.6. The third kappa shape index (κ3) is 3.01. The van der Waals surface area contributed by atoms with Crippen LogP contribution in [0.25, 0.3) is 11.0 Å². The van der Waals surface area contributed by atoms with Gasteiger partial charge in [0.15, 0.2) is 5.76 Å². The predicted molar refractivity (Wildman–Crippen MR) is 76.8 cm³/mol. The molecule has 1 aromatic heterocycles. The van der Waals surface area contributed by atoms with Gasteiger partial charge in [0, 0.05) is 23.8 Å². The van der Waals surface area contributed by atoms with Crippen molar-refractivity contribution in [3.05, 3.63) is 36.1 Å². The molecule has 2 heterocycles. The van der Waals surface area contributed by atoms with Crippen LogP contribution in [0.1, 0.15) is 23.4 Å². The predicted octanol–water partition coefficient (Wildman–Crippen LogP) is 3.53. The van der Waals surface area contributed by atoms with Crippen LogP contribution in [0.4, 0.5) is 0 Å². The molecule has 1 saturated heterocycles. The minimum Gasteiger partial charge on any atom is -0.453 e. The van der Waals surface area contributed by atoms with Crippen molar-refractivity contribution in [2.24, 2.45) is 0 Å². The van der Waals surface area contributed by atoms with Crippen LogP contribution in [0.2, 0.25) is 0 Å². The van der Waals surface area contributed by atoms with Crippen molar-refractivity contribution in [1.82, 2.24) is 0 Å². The molecule has 0 saturated carbocycles. The average Bonchev–Trinajstić information content (AvgIpc) is 2.90. The van der Waals surface area contributed by atoms with Gasteiger partial charge in [0.1, 0.15) is 5.58 Å². The Bertz CT molecular complexity index is 537. The second-order valence-electron chi connectivity index (χ2n) is 4.69. The Kier molecular flexibility index (Phi) is 3.89. The molecule has 4 heteroatoms. The van der Waals surface area contributed by atoms with E-state index >= 15 is 0 Å². The second kappa shape index (κ2) is 5.80. The monoisotopic (exact) mass is 276 g/mol. The summed E-state index contributed by atoms with van der Waals surface area (Å²) in [6.07, 6.45) is 2.08. The molecule has 0 N–H and O–H groups in total. The van der Waals surface area contributed by atoms with E-state index in [4.69, 9.17) is 9.15 Å². The lowest BCUT2D eigenvalue weighted by Crippen LogP contribution is -2.19. The quantitative estimate of drug-likeness (QED) is 0.801. The van der Waals surface area contributed by atoms with E-state index in [1.807, 2.05) is 30.3 Å². The van der Waals surface area contributed by atoms with Gasteiger partial charge in [-0.05, 0) is 25.0 Å². The Balaban J connectivity index is 1.63. The lowest BCUT2D eigenvalue weighted by Gasteiger charge is -2.20. The first kappa shape index (κ1) is 12.8. The lowest BCUT2D eigenvalue weighted by molar-refractivity contribution is 0.0978. The first-order valence-electron chi connectivity index (χ1n) is 6.54. The van der Waals surface area contributed by atoms with Gasteiger partial charge in [0.25, 0.3) is 0 Å². The van der Waals surface area contributed by atoms with Gasteiger partial charge in [-0.3, -0.25) is 4.79 Å². The summed E-state index contributed by atoms with van der Waals surface area (Å²) in [6.45, 7) is 1.63. The van der Waals surface area contributed by atoms with E-state index in [0.29, 0.717) is 16.8 Å². The van der Waals surface area contributed by atoms with Crippen molar-refractivity contribution in [3.8, 4) is 0 Å². The van der Waals surface area contributed by atoms with Crippen LogP contribution in [-0.4, -0.2) is 30.0 Å². The fourth-order valence-corrected chi connectivity index (χ4v) is 3.28. The molecule has 0 unspecified atom stereocenters. The van der Waals surface area contributed by atoms with Crippen LogP contribution < -0.4 is 0 Å². The molecule has 0 aliphatic carbocycles. The molecule has 1 aromatic carbocycles. The summed E-state index contributed by atoms with van der Waals surface area (Å²) in [6, 6.07) is 9.54. The SMILES string of the molecule is O=C(CSC1CCOCC1)c1cc2ccccc2o1. The van der Waals surface area contributed by atoms with Crippen LogP contribution >= 0.6 is 11.8 Å². The van der Waals surface area contributed by atoms with Crippen LogP contribution in [0.3, 0.4) is 0 Å². The molecule has 3 rings (SSSR count). The summed E-state index contributed by atoms with van der Waals surface area (Å²) in [5.74, 6) is 1.04. The standard InChI is InChI=1S/C15H16O3S/c16-13(10-19-12-5-7-17-8-6-12)15-9-11-3-1-2-4-14(11)18-15/h1-4,9,12H,5-8,10H2. The number of ketones is 1. The molecule has 2 aromatic rings. The number of thioether (sulfide) groups is 1. The number of furan rings is 1. The number of carbonyl (C=O) groups is 1. The number of carbonyl (C=O) groups excluding carboxylic acids is 1. The van der Waals surface area contributed by atoms with E-state index in [9.17, 15) is 4.79 Å². The molecule has 0 atom stereocenters.